The lowest BCUT2D eigenvalue weighted by atomic mass is 9.49. The average Bonchev–Trinajstić information content (AvgIpc) is 3.41. The minimum atomic E-state index is -1.38. The van der Waals surface area contributed by atoms with Crippen LogP contribution in [0.5, 0.6) is 11.5 Å². The third kappa shape index (κ3) is 3.54. The second-order valence-corrected chi connectivity index (χ2v) is 11.8. The number of nitrogens with zero attached hydrogens (tertiary/aromatic N) is 1. The molecule has 7 rings (SSSR count). The summed E-state index contributed by atoms with van der Waals surface area (Å²) < 4.78 is 5.46. The normalized spacial score (nSPS) is 29.9. The molecule has 1 saturated carbocycles. The maximum atomic E-state index is 15.0. The number of carbonyl (C=O) groups is 4. The monoisotopic (exact) mass is 582 g/mol. The third-order valence-corrected chi connectivity index (χ3v) is 9.78. The number of nitrogens with one attached hydrogen (secondary N) is 1. The predicted molar refractivity (Wildman–Crippen MR) is 154 cm³/mol. The van der Waals surface area contributed by atoms with Gasteiger partial charge < -0.3 is 9.84 Å². The van der Waals surface area contributed by atoms with Crippen LogP contribution >= 0.6 is 11.6 Å². The molecule has 2 saturated heterocycles. The van der Waals surface area contributed by atoms with Gasteiger partial charge in [-0.2, -0.15) is 0 Å². The zero-order valence-corrected chi connectivity index (χ0v) is 23.4. The fourth-order valence-corrected chi connectivity index (χ4v) is 8.09. The van der Waals surface area contributed by atoms with Gasteiger partial charge in [0.15, 0.2) is 11.5 Å². The minimum absolute atomic E-state index is 0.0632. The van der Waals surface area contributed by atoms with E-state index in [1.165, 1.54) is 18.1 Å². The van der Waals surface area contributed by atoms with Crippen LogP contribution in [0.1, 0.15) is 29.9 Å². The molecular formula is C33H27ClN2O6. The SMILES string of the molecule is COc1cc(C2C3=CCC4C(=O)NC(=O)C4C3CC3C(=O)N(c4cccc(Cl)c4)C(=O)C32c2ccccc2)ccc1O. The standard InChI is InChI=1S/C33H27ClN2O6/c1-42-26-14-17(10-13-25(26)37)28-21-11-12-22-27(30(39)35-29(22)38)23(21)16-24-31(40)36(20-9-5-8-19(34)15-20)32(41)33(24,28)18-6-3-2-4-7-18/h2-11,13-15,22-24,27-28,37H,12,16H2,1H3,(H,35,38,39). The summed E-state index contributed by atoms with van der Waals surface area (Å²) in [6, 6.07) is 20.9. The van der Waals surface area contributed by atoms with Crippen LogP contribution in [0.4, 0.5) is 5.69 Å². The number of hydrogen-bond donors (Lipinski definition) is 2. The summed E-state index contributed by atoms with van der Waals surface area (Å²) in [7, 11) is 1.45. The highest BCUT2D eigenvalue weighted by Gasteiger charge is 2.69. The van der Waals surface area contributed by atoms with Crippen molar-refractivity contribution in [3.05, 3.63) is 101 Å². The van der Waals surface area contributed by atoms with Crippen molar-refractivity contribution in [2.45, 2.75) is 24.2 Å². The number of phenolic OH excluding ortho intramolecular Hbond substituents is 1. The number of halogens is 1. The van der Waals surface area contributed by atoms with Gasteiger partial charge in [-0.05, 0) is 60.2 Å². The summed E-state index contributed by atoms with van der Waals surface area (Å²) in [5, 5.41) is 13.3. The average molecular weight is 583 g/mol. The van der Waals surface area contributed by atoms with E-state index in [0.29, 0.717) is 28.3 Å². The minimum Gasteiger partial charge on any atom is -0.504 e. The highest BCUT2D eigenvalue weighted by molar-refractivity contribution is 6.32. The number of anilines is 1. The molecule has 3 aromatic rings. The molecule has 8 nitrogen and oxygen atoms in total. The van der Waals surface area contributed by atoms with Crippen molar-refractivity contribution >= 4 is 40.9 Å². The van der Waals surface area contributed by atoms with E-state index >= 15 is 4.79 Å². The second kappa shape index (κ2) is 9.56. The van der Waals surface area contributed by atoms with Gasteiger partial charge in [-0.1, -0.05) is 65.7 Å². The first-order valence-corrected chi connectivity index (χ1v) is 14.3. The fraction of sp³-hybridized carbons (Fsp3) is 0.273. The molecule has 6 unspecified atom stereocenters. The van der Waals surface area contributed by atoms with Crippen LogP contribution in [0.15, 0.2) is 84.4 Å². The van der Waals surface area contributed by atoms with E-state index in [9.17, 15) is 19.5 Å². The largest absolute Gasteiger partial charge is 0.504 e. The number of fused-ring (bicyclic) bond motifs is 4. The van der Waals surface area contributed by atoms with Crippen molar-refractivity contribution < 1.29 is 29.0 Å². The van der Waals surface area contributed by atoms with Gasteiger partial charge in [0.25, 0.3) is 0 Å². The zero-order valence-electron chi connectivity index (χ0n) is 22.6. The Morgan fingerprint density at radius 2 is 1.74 bits per heavy atom. The Bertz CT molecular complexity index is 1700. The maximum absolute atomic E-state index is 15.0. The molecule has 42 heavy (non-hydrogen) atoms. The summed E-state index contributed by atoms with van der Waals surface area (Å²) in [5.41, 5.74) is 1.16. The number of carbonyl (C=O) groups excluding carboxylic acids is 4. The number of allylic oxidation sites excluding steroid dienone is 2. The number of benzene rings is 3. The molecule has 0 bridgehead atoms. The number of hydrogen-bond acceptors (Lipinski definition) is 6. The lowest BCUT2D eigenvalue weighted by Gasteiger charge is -2.50. The van der Waals surface area contributed by atoms with Crippen LogP contribution < -0.4 is 15.0 Å². The maximum Gasteiger partial charge on any atom is 0.246 e. The molecule has 6 atom stereocenters. The number of amides is 4. The summed E-state index contributed by atoms with van der Waals surface area (Å²) in [4.78, 5) is 56.7. The molecule has 3 fully saturated rings. The van der Waals surface area contributed by atoms with E-state index in [1.807, 2.05) is 36.4 Å². The number of ether oxygens (including phenoxy) is 1. The van der Waals surface area contributed by atoms with Crippen molar-refractivity contribution in [3.63, 3.8) is 0 Å². The summed E-state index contributed by atoms with van der Waals surface area (Å²) in [6.45, 7) is 0. The molecule has 2 heterocycles. The predicted octanol–water partition coefficient (Wildman–Crippen LogP) is 4.50. The van der Waals surface area contributed by atoms with Crippen LogP contribution in [0.2, 0.25) is 5.02 Å². The van der Waals surface area contributed by atoms with E-state index in [0.717, 1.165) is 5.57 Å². The smallest absolute Gasteiger partial charge is 0.246 e. The van der Waals surface area contributed by atoms with Crippen molar-refractivity contribution in [1.82, 2.24) is 5.32 Å². The van der Waals surface area contributed by atoms with E-state index in [-0.39, 0.29) is 35.6 Å². The van der Waals surface area contributed by atoms with E-state index < -0.39 is 40.9 Å². The Morgan fingerprint density at radius 3 is 2.48 bits per heavy atom. The quantitative estimate of drug-likeness (QED) is 0.346. The molecule has 2 aliphatic carbocycles. The molecule has 4 amide bonds. The van der Waals surface area contributed by atoms with Crippen LogP contribution in [-0.4, -0.2) is 35.8 Å². The Labute approximate surface area is 246 Å². The van der Waals surface area contributed by atoms with Gasteiger partial charge in [0, 0.05) is 10.9 Å². The molecule has 212 valence electrons. The lowest BCUT2D eigenvalue weighted by Crippen LogP contribution is -2.53. The molecule has 2 N–H and O–H groups in total. The highest BCUT2D eigenvalue weighted by Crippen LogP contribution is 2.64. The van der Waals surface area contributed by atoms with Crippen LogP contribution in [0, 0.1) is 23.7 Å². The molecule has 0 spiro atoms. The Balaban J connectivity index is 1.53. The summed E-state index contributed by atoms with van der Waals surface area (Å²) in [6.07, 6.45) is 2.54. The number of phenols is 1. The number of aromatic hydroxyl groups is 1. The van der Waals surface area contributed by atoms with Gasteiger partial charge in [-0.3, -0.25) is 24.5 Å². The molecule has 3 aromatic carbocycles. The highest BCUT2D eigenvalue weighted by atomic mass is 35.5. The van der Waals surface area contributed by atoms with E-state index in [1.54, 1.807) is 36.4 Å². The second-order valence-electron chi connectivity index (χ2n) is 11.4. The number of methoxy groups -OCH3 is 1. The molecular weight excluding hydrogens is 556 g/mol. The third-order valence-electron chi connectivity index (χ3n) is 9.55. The van der Waals surface area contributed by atoms with Crippen molar-refractivity contribution in [2.75, 3.05) is 12.0 Å². The zero-order chi connectivity index (χ0) is 29.3. The summed E-state index contributed by atoms with van der Waals surface area (Å²) in [5.74, 6) is -4.42. The number of imide groups is 2. The Kier molecular flexibility index (Phi) is 6.02. The van der Waals surface area contributed by atoms with Crippen LogP contribution in [0.3, 0.4) is 0 Å². The van der Waals surface area contributed by atoms with Gasteiger partial charge in [0.2, 0.25) is 23.6 Å². The number of rotatable bonds is 4. The van der Waals surface area contributed by atoms with Gasteiger partial charge in [-0.25, -0.2) is 4.90 Å². The lowest BCUT2D eigenvalue weighted by molar-refractivity contribution is -0.128. The molecule has 0 radical (unpaired) electrons. The Hall–Kier alpha value is -4.43. The Morgan fingerprint density at radius 1 is 0.952 bits per heavy atom. The first-order chi connectivity index (χ1) is 20.3. The fourth-order valence-electron chi connectivity index (χ4n) is 7.90. The molecule has 0 aromatic heterocycles. The topological polar surface area (TPSA) is 113 Å². The van der Waals surface area contributed by atoms with Crippen molar-refractivity contribution in [3.8, 4) is 11.5 Å². The van der Waals surface area contributed by atoms with E-state index in [2.05, 4.69) is 5.32 Å². The first kappa shape index (κ1) is 26.5. The van der Waals surface area contributed by atoms with Crippen LogP contribution in [0.25, 0.3) is 0 Å². The molecule has 2 aliphatic heterocycles. The van der Waals surface area contributed by atoms with Gasteiger partial charge in [0.05, 0.1) is 36.0 Å². The van der Waals surface area contributed by atoms with Crippen molar-refractivity contribution in [1.29, 1.82) is 0 Å². The molecule has 4 aliphatic rings. The summed E-state index contributed by atoms with van der Waals surface area (Å²) >= 11 is 6.31. The van der Waals surface area contributed by atoms with Gasteiger partial charge in [0.1, 0.15) is 0 Å². The van der Waals surface area contributed by atoms with Gasteiger partial charge in [-0.15, -0.1) is 0 Å². The first-order valence-electron chi connectivity index (χ1n) is 13.9. The van der Waals surface area contributed by atoms with Crippen LogP contribution in [-0.2, 0) is 24.6 Å². The van der Waals surface area contributed by atoms with Gasteiger partial charge >= 0.3 is 0 Å². The van der Waals surface area contributed by atoms with Crippen molar-refractivity contribution in [2.24, 2.45) is 23.7 Å². The molecule has 9 heteroatoms. The van der Waals surface area contributed by atoms with E-state index in [4.69, 9.17) is 16.3 Å².